The largest absolute Gasteiger partial charge is 0.416 e. The smallest absolute Gasteiger partial charge is 0.387 e. The molecule has 4 N–H and O–H groups in total. The number of nitrogens with one attached hydrogen (secondary N) is 1. The van der Waals surface area contributed by atoms with Crippen LogP contribution in [-0.2, 0) is 11.0 Å². The Morgan fingerprint density at radius 3 is 2.52 bits per heavy atom. The van der Waals surface area contributed by atoms with Crippen molar-refractivity contribution in [3.05, 3.63) is 35.4 Å². The third-order valence-corrected chi connectivity index (χ3v) is 3.17. The summed E-state index contributed by atoms with van der Waals surface area (Å²) in [6.45, 7) is 3.52. The number of rotatable bonds is 6. The van der Waals surface area contributed by atoms with Gasteiger partial charge in [-0.2, -0.15) is 13.2 Å². The number of benzene rings is 1. The summed E-state index contributed by atoms with van der Waals surface area (Å²) in [6, 6.07) is 4.51. The average Bonchev–Trinajstić information content (AvgIpc) is 2.37. The highest BCUT2D eigenvalue weighted by atomic mass is 19.4. The van der Waals surface area contributed by atoms with Gasteiger partial charge in [-0.3, -0.25) is 4.79 Å². The first-order valence-corrected chi connectivity index (χ1v) is 6.40. The van der Waals surface area contributed by atoms with E-state index >= 15 is 0 Å². The Hall–Kier alpha value is -1.60. The molecule has 0 spiro atoms. The highest BCUT2D eigenvalue weighted by Gasteiger charge is 2.31. The van der Waals surface area contributed by atoms with E-state index in [1.54, 1.807) is 13.8 Å². The van der Waals surface area contributed by atoms with Crippen molar-refractivity contribution in [2.24, 2.45) is 11.1 Å². The summed E-state index contributed by atoms with van der Waals surface area (Å²) in [5.41, 5.74) is 3.75. The molecule has 1 aromatic rings. The van der Waals surface area contributed by atoms with E-state index in [0.29, 0.717) is 0 Å². The second-order valence-electron chi connectivity index (χ2n) is 5.52. The lowest BCUT2D eigenvalue weighted by Crippen LogP contribution is -2.41. The molecule has 0 saturated carbocycles. The molecule has 0 bridgehead atoms. The zero-order valence-electron chi connectivity index (χ0n) is 11.9. The Bertz CT molecular complexity index is 501. The summed E-state index contributed by atoms with van der Waals surface area (Å²) in [5.74, 6) is -0.497. The third kappa shape index (κ3) is 5.02. The van der Waals surface area contributed by atoms with Gasteiger partial charge in [-0.25, -0.2) is 0 Å². The van der Waals surface area contributed by atoms with Gasteiger partial charge in [0.05, 0.1) is 17.1 Å². The normalized spacial score (nSPS) is 14.0. The number of hydrogen-bond acceptors (Lipinski definition) is 3. The van der Waals surface area contributed by atoms with Gasteiger partial charge in [0.1, 0.15) is 0 Å². The average molecular weight is 304 g/mol. The molecule has 0 aliphatic heterocycles. The Labute approximate surface area is 121 Å². The predicted molar refractivity (Wildman–Crippen MR) is 72.2 cm³/mol. The van der Waals surface area contributed by atoms with Crippen LogP contribution in [0, 0.1) is 5.41 Å². The van der Waals surface area contributed by atoms with E-state index in [4.69, 9.17) is 5.73 Å². The monoisotopic (exact) mass is 304 g/mol. The van der Waals surface area contributed by atoms with Crippen LogP contribution in [0.1, 0.15) is 31.1 Å². The number of primary amides is 1. The highest BCUT2D eigenvalue weighted by molar-refractivity contribution is 5.80. The number of carbonyl (C=O) groups excluding carboxylic acids is 1. The van der Waals surface area contributed by atoms with Gasteiger partial charge in [-0.05, 0) is 31.5 Å². The van der Waals surface area contributed by atoms with Crippen molar-refractivity contribution >= 4 is 5.91 Å². The molecule has 1 aromatic carbocycles. The Kier molecular flexibility index (Phi) is 5.36. The second-order valence-corrected chi connectivity index (χ2v) is 5.52. The van der Waals surface area contributed by atoms with Gasteiger partial charge < -0.3 is 16.2 Å². The van der Waals surface area contributed by atoms with Gasteiger partial charge in [-0.1, -0.05) is 12.1 Å². The Balaban J connectivity index is 2.65. The first kappa shape index (κ1) is 17.5. The number of aliphatic hydroxyl groups is 1. The molecule has 0 saturated heterocycles. The molecule has 1 rings (SSSR count). The first-order valence-electron chi connectivity index (χ1n) is 6.40. The Morgan fingerprint density at radius 1 is 1.38 bits per heavy atom. The van der Waals surface area contributed by atoms with Crippen molar-refractivity contribution < 1.29 is 23.1 Å². The Morgan fingerprint density at radius 2 is 2.00 bits per heavy atom. The maximum atomic E-state index is 12.6. The number of hydrogen-bond donors (Lipinski definition) is 3. The molecule has 0 radical (unpaired) electrons. The number of aliphatic hydroxyl groups excluding tert-OH is 1. The summed E-state index contributed by atoms with van der Waals surface area (Å²) < 4.78 is 37.7. The molecule has 0 heterocycles. The van der Waals surface area contributed by atoms with Gasteiger partial charge in [0, 0.05) is 13.1 Å². The van der Waals surface area contributed by atoms with E-state index in [1.165, 1.54) is 12.1 Å². The summed E-state index contributed by atoms with van der Waals surface area (Å²) in [6.07, 6.45) is -5.55. The maximum absolute atomic E-state index is 12.6. The lowest BCUT2D eigenvalue weighted by Gasteiger charge is -2.22. The SMILES string of the molecule is CC(C)(CNCC(O)c1cccc(C(F)(F)F)c1)C(N)=O. The molecule has 0 aromatic heterocycles. The summed E-state index contributed by atoms with van der Waals surface area (Å²) in [7, 11) is 0. The fourth-order valence-electron chi connectivity index (χ4n) is 1.65. The van der Waals surface area contributed by atoms with Crippen LogP contribution in [-0.4, -0.2) is 24.1 Å². The van der Waals surface area contributed by atoms with Gasteiger partial charge in [0.25, 0.3) is 0 Å². The lowest BCUT2D eigenvalue weighted by molar-refractivity contribution is -0.137. The summed E-state index contributed by atoms with van der Waals surface area (Å²) >= 11 is 0. The highest BCUT2D eigenvalue weighted by Crippen LogP contribution is 2.30. The van der Waals surface area contributed by atoms with E-state index in [9.17, 15) is 23.1 Å². The molecule has 0 fully saturated rings. The van der Waals surface area contributed by atoms with E-state index in [-0.39, 0.29) is 18.7 Å². The minimum atomic E-state index is -4.45. The fourth-order valence-corrected chi connectivity index (χ4v) is 1.65. The molecule has 118 valence electrons. The predicted octanol–water partition coefficient (Wildman–Crippen LogP) is 1.84. The van der Waals surface area contributed by atoms with E-state index in [0.717, 1.165) is 12.1 Å². The number of alkyl halides is 3. The standard InChI is InChI=1S/C14H19F3N2O2/c1-13(2,12(18)21)8-19-7-11(20)9-4-3-5-10(6-9)14(15,16)17/h3-6,11,19-20H,7-8H2,1-2H3,(H2,18,21). The molecule has 0 aliphatic rings. The number of halogens is 3. The van der Waals surface area contributed by atoms with Crippen LogP contribution in [0.25, 0.3) is 0 Å². The van der Waals surface area contributed by atoms with Gasteiger partial charge >= 0.3 is 6.18 Å². The van der Waals surface area contributed by atoms with Crippen molar-refractivity contribution in [2.45, 2.75) is 26.1 Å². The van der Waals surface area contributed by atoms with Crippen LogP contribution in [0.3, 0.4) is 0 Å². The number of carbonyl (C=O) groups is 1. The topological polar surface area (TPSA) is 75.3 Å². The third-order valence-electron chi connectivity index (χ3n) is 3.17. The first-order chi connectivity index (χ1) is 9.54. The molecule has 1 atom stereocenters. The van der Waals surface area contributed by atoms with Gasteiger partial charge in [0.15, 0.2) is 0 Å². The van der Waals surface area contributed by atoms with Crippen molar-refractivity contribution in [2.75, 3.05) is 13.1 Å². The maximum Gasteiger partial charge on any atom is 0.416 e. The van der Waals surface area contributed by atoms with Crippen molar-refractivity contribution in [1.82, 2.24) is 5.32 Å². The van der Waals surface area contributed by atoms with Crippen LogP contribution < -0.4 is 11.1 Å². The van der Waals surface area contributed by atoms with Crippen LogP contribution >= 0.6 is 0 Å². The molecule has 7 heteroatoms. The van der Waals surface area contributed by atoms with Crippen molar-refractivity contribution in [3.63, 3.8) is 0 Å². The summed E-state index contributed by atoms with van der Waals surface area (Å²) in [4.78, 5) is 11.1. The van der Waals surface area contributed by atoms with Gasteiger partial charge in [0.2, 0.25) is 5.91 Å². The molecular formula is C14H19F3N2O2. The van der Waals surface area contributed by atoms with Crippen molar-refractivity contribution in [1.29, 1.82) is 0 Å². The zero-order valence-corrected chi connectivity index (χ0v) is 11.9. The molecule has 4 nitrogen and oxygen atoms in total. The molecule has 21 heavy (non-hydrogen) atoms. The van der Waals surface area contributed by atoms with E-state index in [2.05, 4.69) is 5.32 Å². The summed E-state index contributed by atoms with van der Waals surface area (Å²) in [5, 5.41) is 12.7. The number of amides is 1. The van der Waals surface area contributed by atoms with Gasteiger partial charge in [-0.15, -0.1) is 0 Å². The lowest BCUT2D eigenvalue weighted by atomic mass is 9.92. The molecule has 0 aliphatic carbocycles. The zero-order chi connectivity index (χ0) is 16.3. The minimum absolute atomic E-state index is 0.0258. The molecule has 1 amide bonds. The fraction of sp³-hybridized carbons (Fsp3) is 0.500. The van der Waals surface area contributed by atoms with Crippen molar-refractivity contribution in [3.8, 4) is 0 Å². The molecule has 1 unspecified atom stereocenters. The van der Waals surface area contributed by atoms with E-state index < -0.39 is 29.2 Å². The van der Waals surface area contributed by atoms with E-state index in [1.807, 2.05) is 0 Å². The quantitative estimate of drug-likeness (QED) is 0.750. The second kappa shape index (κ2) is 6.44. The van der Waals surface area contributed by atoms with Crippen LogP contribution in [0.5, 0.6) is 0 Å². The van der Waals surface area contributed by atoms with Crippen LogP contribution in [0.2, 0.25) is 0 Å². The minimum Gasteiger partial charge on any atom is -0.387 e. The van der Waals surface area contributed by atoms with Crippen LogP contribution in [0.4, 0.5) is 13.2 Å². The number of nitrogens with two attached hydrogens (primary N) is 1. The molecular weight excluding hydrogens is 285 g/mol. The van der Waals surface area contributed by atoms with Crippen LogP contribution in [0.15, 0.2) is 24.3 Å².